The lowest BCUT2D eigenvalue weighted by atomic mass is 9.97. The highest BCUT2D eigenvalue weighted by Gasteiger charge is 2.22. The molecule has 1 heterocycles. The Bertz CT molecular complexity index is 825. The van der Waals surface area contributed by atoms with Gasteiger partial charge >= 0.3 is 0 Å². The van der Waals surface area contributed by atoms with Gasteiger partial charge in [0.1, 0.15) is 5.75 Å². The van der Waals surface area contributed by atoms with Gasteiger partial charge in [0.2, 0.25) is 0 Å². The van der Waals surface area contributed by atoms with E-state index in [4.69, 9.17) is 9.26 Å². The molecule has 3 aromatic rings. The van der Waals surface area contributed by atoms with E-state index >= 15 is 0 Å². The average molecular weight is 402 g/mol. The number of hydrogen-bond acceptors (Lipinski definition) is 4. The van der Waals surface area contributed by atoms with E-state index in [0.29, 0.717) is 12.2 Å². The highest BCUT2D eigenvalue weighted by atomic mass is 79.9. The molecule has 0 bridgehead atoms. The summed E-state index contributed by atoms with van der Waals surface area (Å²) in [6, 6.07) is 15.7. The first-order valence-corrected chi connectivity index (χ1v) is 8.91. The third-order valence-corrected chi connectivity index (χ3v) is 4.74. The number of ether oxygens (including phenoxy) is 1. The number of methoxy groups -OCH3 is 1. The van der Waals surface area contributed by atoms with E-state index in [2.05, 4.69) is 21.1 Å². The summed E-state index contributed by atoms with van der Waals surface area (Å²) in [5.41, 5.74) is 3.54. The minimum absolute atomic E-state index is 0.595. The normalized spacial score (nSPS) is 12.2. The van der Waals surface area contributed by atoms with Gasteiger partial charge in [-0.1, -0.05) is 45.4 Å². The summed E-state index contributed by atoms with van der Waals surface area (Å²) in [6.07, 6.45) is 0.722. The molecule has 0 radical (unpaired) electrons. The zero-order valence-corrected chi connectivity index (χ0v) is 15.8. The lowest BCUT2D eigenvalue weighted by Gasteiger charge is -2.12. The Hall–Kier alpha value is -2.11. The van der Waals surface area contributed by atoms with Gasteiger partial charge in [0.05, 0.1) is 24.5 Å². The zero-order chi connectivity index (χ0) is 17.8. The van der Waals surface area contributed by atoms with E-state index in [1.54, 1.807) is 7.11 Å². The number of halogens is 1. The minimum atomic E-state index is -0.632. The molecule has 1 atom stereocenters. The topological polar surface area (TPSA) is 55.5 Å². The summed E-state index contributed by atoms with van der Waals surface area (Å²) < 4.78 is 11.6. The molecule has 0 aliphatic heterocycles. The molecule has 0 amide bonds. The predicted octanol–water partition coefficient (Wildman–Crippen LogP) is 5.09. The molecule has 130 valence electrons. The number of aliphatic hydroxyl groups is 1. The number of aryl methyl sites for hydroxylation is 2. The summed E-state index contributed by atoms with van der Waals surface area (Å²) >= 11 is 3.43. The third kappa shape index (κ3) is 4.11. The number of benzene rings is 2. The second-order valence-electron chi connectivity index (χ2n) is 5.92. The monoisotopic (exact) mass is 401 g/mol. The van der Waals surface area contributed by atoms with Crippen molar-refractivity contribution in [2.24, 2.45) is 0 Å². The Kier molecular flexibility index (Phi) is 5.56. The van der Waals surface area contributed by atoms with Crippen LogP contribution >= 0.6 is 15.9 Å². The molecule has 0 spiro atoms. The van der Waals surface area contributed by atoms with Crippen LogP contribution in [0.2, 0.25) is 0 Å². The van der Waals surface area contributed by atoms with Crippen molar-refractivity contribution < 1.29 is 14.4 Å². The van der Waals surface area contributed by atoms with Crippen LogP contribution in [0.25, 0.3) is 11.3 Å². The molecule has 3 rings (SSSR count). The van der Waals surface area contributed by atoms with E-state index in [1.807, 2.05) is 55.5 Å². The fraction of sp³-hybridized carbons (Fsp3) is 0.250. The van der Waals surface area contributed by atoms with E-state index in [0.717, 1.165) is 39.0 Å². The van der Waals surface area contributed by atoms with E-state index in [-0.39, 0.29) is 0 Å². The van der Waals surface area contributed by atoms with Gasteiger partial charge in [-0.15, -0.1) is 0 Å². The Balaban J connectivity index is 1.76. The van der Waals surface area contributed by atoms with Gasteiger partial charge in [-0.05, 0) is 49.6 Å². The van der Waals surface area contributed by atoms with Crippen LogP contribution in [0.5, 0.6) is 5.75 Å². The molecule has 25 heavy (non-hydrogen) atoms. The van der Waals surface area contributed by atoms with Crippen LogP contribution in [0.4, 0.5) is 0 Å². The Labute approximate surface area is 155 Å². The second kappa shape index (κ2) is 7.85. The fourth-order valence-corrected chi connectivity index (χ4v) is 3.08. The highest BCUT2D eigenvalue weighted by Crippen LogP contribution is 2.33. The maximum atomic E-state index is 10.7. The van der Waals surface area contributed by atoms with Crippen molar-refractivity contribution in [1.82, 2.24) is 5.16 Å². The Morgan fingerprint density at radius 1 is 1.12 bits per heavy atom. The van der Waals surface area contributed by atoms with Crippen LogP contribution in [0.1, 0.15) is 29.3 Å². The van der Waals surface area contributed by atoms with Crippen LogP contribution < -0.4 is 4.74 Å². The third-order valence-electron chi connectivity index (χ3n) is 4.21. The Morgan fingerprint density at radius 3 is 2.44 bits per heavy atom. The maximum Gasteiger partial charge on any atom is 0.172 e. The van der Waals surface area contributed by atoms with Gasteiger partial charge in [0.15, 0.2) is 5.76 Å². The lowest BCUT2D eigenvalue weighted by Crippen LogP contribution is -2.02. The summed E-state index contributed by atoms with van der Waals surface area (Å²) in [4.78, 5) is 0. The first-order valence-electron chi connectivity index (χ1n) is 8.11. The van der Waals surface area contributed by atoms with Crippen molar-refractivity contribution in [1.29, 1.82) is 0 Å². The van der Waals surface area contributed by atoms with Crippen LogP contribution in [-0.2, 0) is 6.42 Å². The number of nitrogens with zero attached hydrogens (tertiary/aromatic N) is 1. The molecule has 0 saturated heterocycles. The van der Waals surface area contributed by atoms with Gasteiger partial charge in [-0.25, -0.2) is 0 Å². The first kappa shape index (κ1) is 17.7. The largest absolute Gasteiger partial charge is 0.497 e. The number of aliphatic hydroxyl groups excluding tert-OH is 1. The van der Waals surface area contributed by atoms with Crippen LogP contribution in [0.15, 0.2) is 57.5 Å². The first-order chi connectivity index (χ1) is 12.1. The molecule has 0 fully saturated rings. The molecule has 4 nitrogen and oxygen atoms in total. The smallest absolute Gasteiger partial charge is 0.172 e. The van der Waals surface area contributed by atoms with Crippen molar-refractivity contribution in [2.45, 2.75) is 25.9 Å². The molecule has 2 aromatic carbocycles. The minimum Gasteiger partial charge on any atom is -0.497 e. The number of rotatable bonds is 6. The standard InChI is InChI=1S/C20H20BrNO3/c1-13-19(20(25-22-13)15-6-8-16(21)9-7-15)18(23)12-5-14-3-10-17(24-2)11-4-14/h3-4,6-11,18,23H,5,12H2,1-2H3. The van der Waals surface area contributed by atoms with E-state index < -0.39 is 6.10 Å². The maximum absolute atomic E-state index is 10.7. The molecule has 1 N–H and O–H groups in total. The van der Waals surface area contributed by atoms with Gasteiger partial charge < -0.3 is 14.4 Å². The van der Waals surface area contributed by atoms with Crippen LogP contribution in [-0.4, -0.2) is 17.4 Å². The molecule has 5 heteroatoms. The summed E-state index contributed by atoms with van der Waals surface area (Å²) in [7, 11) is 1.65. The van der Waals surface area contributed by atoms with Crippen LogP contribution in [0, 0.1) is 6.92 Å². The molecule has 0 aliphatic carbocycles. The molecule has 1 aromatic heterocycles. The van der Waals surface area contributed by atoms with E-state index in [9.17, 15) is 5.11 Å². The van der Waals surface area contributed by atoms with Crippen molar-refractivity contribution in [3.8, 4) is 17.1 Å². The van der Waals surface area contributed by atoms with Crippen molar-refractivity contribution in [2.75, 3.05) is 7.11 Å². The van der Waals surface area contributed by atoms with Crippen molar-refractivity contribution in [3.63, 3.8) is 0 Å². The molecule has 0 saturated carbocycles. The molecular formula is C20H20BrNO3. The SMILES string of the molecule is COc1ccc(CCC(O)c2c(C)noc2-c2ccc(Br)cc2)cc1. The van der Waals surface area contributed by atoms with Gasteiger partial charge in [0.25, 0.3) is 0 Å². The van der Waals surface area contributed by atoms with Gasteiger partial charge in [0, 0.05) is 10.0 Å². The molecule has 0 aliphatic rings. The predicted molar refractivity (Wildman–Crippen MR) is 101 cm³/mol. The Morgan fingerprint density at radius 2 is 1.80 bits per heavy atom. The molecular weight excluding hydrogens is 382 g/mol. The van der Waals surface area contributed by atoms with Crippen molar-refractivity contribution >= 4 is 15.9 Å². The summed E-state index contributed by atoms with van der Waals surface area (Å²) in [6.45, 7) is 1.86. The van der Waals surface area contributed by atoms with Crippen LogP contribution in [0.3, 0.4) is 0 Å². The lowest BCUT2D eigenvalue weighted by molar-refractivity contribution is 0.167. The second-order valence-corrected chi connectivity index (χ2v) is 6.84. The van der Waals surface area contributed by atoms with Crippen molar-refractivity contribution in [3.05, 3.63) is 69.8 Å². The van der Waals surface area contributed by atoms with Gasteiger partial charge in [-0.2, -0.15) is 0 Å². The quantitative estimate of drug-likeness (QED) is 0.624. The summed E-state index contributed by atoms with van der Waals surface area (Å²) in [5, 5.41) is 14.8. The molecule has 1 unspecified atom stereocenters. The fourth-order valence-electron chi connectivity index (χ4n) is 2.82. The van der Waals surface area contributed by atoms with Gasteiger partial charge in [-0.3, -0.25) is 0 Å². The van der Waals surface area contributed by atoms with E-state index in [1.165, 1.54) is 0 Å². The number of hydrogen-bond donors (Lipinski definition) is 1. The highest BCUT2D eigenvalue weighted by molar-refractivity contribution is 9.10. The average Bonchev–Trinajstić information content (AvgIpc) is 3.02. The number of aromatic nitrogens is 1. The summed E-state index contributed by atoms with van der Waals surface area (Å²) in [5.74, 6) is 1.46. The zero-order valence-electron chi connectivity index (χ0n) is 14.2.